The summed E-state index contributed by atoms with van der Waals surface area (Å²) in [5.74, 6) is 1.67. The van der Waals surface area contributed by atoms with Crippen LogP contribution in [0.5, 0.6) is 11.5 Å². The number of thioether (sulfide) groups is 1. The average molecular weight is 522 g/mol. The highest BCUT2D eigenvalue weighted by Crippen LogP contribution is 2.47. The van der Waals surface area contributed by atoms with Gasteiger partial charge in [0.1, 0.15) is 12.5 Å². The van der Waals surface area contributed by atoms with Gasteiger partial charge in [0, 0.05) is 35.1 Å². The molecule has 0 spiro atoms. The van der Waals surface area contributed by atoms with Crippen molar-refractivity contribution in [2.75, 3.05) is 32.3 Å². The lowest BCUT2D eigenvalue weighted by Gasteiger charge is -2.36. The van der Waals surface area contributed by atoms with Gasteiger partial charge in [-0.15, -0.1) is 0 Å². The number of aryl methyl sites for hydroxylation is 1. The maximum absolute atomic E-state index is 13.8. The van der Waals surface area contributed by atoms with Crippen LogP contribution in [0, 0.1) is 12.8 Å². The largest absolute Gasteiger partial charge is 0.493 e. The van der Waals surface area contributed by atoms with E-state index in [1.54, 1.807) is 26.0 Å². The highest BCUT2D eigenvalue weighted by Gasteiger charge is 2.44. The second kappa shape index (κ2) is 12.0. The van der Waals surface area contributed by atoms with Crippen molar-refractivity contribution in [1.29, 1.82) is 0 Å². The molecule has 2 aliphatic rings. The summed E-state index contributed by atoms with van der Waals surface area (Å²) in [5, 5.41) is 0. The Labute approximate surface area is 223 Å². The molecule has 0 saturated heterocycles. The lowest BCUT2D eigenvalue weighted by atomic mass is 9.69. The number of ketones is 1. The predicted octanol–water partition coefficient (Wildman–Crippen LogP) is 5.88. The molecule has 2 aromatic carbocycles. The van der Waals surface area contributed by atoms with Crippen molar-refractivity contribution in [1.82, 2.24) is 0 Å². The molecule has 37 heavy (non-hydrogen) atoms. The van der Waals surface area contributed by atoms with E-state index in [1.165, 1.54) is 0 Å². The number of ether oxygens (including phenoxy) is 3. The first-order valence-electron chi connectivity index (χ1n) is 12.7. The highest BCUT2D eigenvalue weighted by atomic mass is 32.2. The summed E-state index contributed by atoms with van der Waals surface area (Å²) in [7, 11) is 3.21. The first-order chi connectivity index (χ1) is 17.9. The molecule has 2 aromatic rings. The maximum Gasteiger partial charge on any atom is 0.315 e. The Balaban J connectivity index is 1.71. The SMILES string of the molecule is CCSCCOC(=O)C1C(C)=NC2=C(C(=O)C[C@@H](c3ccc(OC)c(OC)c3)C2)[C@H]1c1cccc(C)c1. The zero-order valence-corrected chi connectivity index (χ0v) is 23.0. The zero-order valence-electron chi connectivity index (χ0n) is 22.2. The summed E-state index contributed by atoms with van der Waals surface area (Å²) >= 11 is 1.73. The first-order valence-corrected chi connectivity index (χ1v) is 13.9. The molecule has 0 N–H and O–H groups in total. The van der Waals surface area contributed by atoms with Crippen molar-refractivity contribution in [3.63, 3.8) is 0 Å². The molecule has 7 heteroatoms. The topological polar surface area (TPSA) is 74.2 Å². The number of nitrogens with zero attached hydrogens (tertiary/aromatic N) is 1. The second-order valence-corrected chi connectivity index (χ2v) is 10.9. The molecular weight excluding hydrogens is 486 g/mol. The van der Waals surface area contributed by atoms with Gasteiger partial charge in [0.05, 0.1) is 14.2 Å². The number of benzene rings is 2. The van der Waals surface area contributed by atoms with Crippen LogP contribution in [0.2, 0.25) is 0 Å². The van der Waals surface area contributed by atoms with E-state index in [-0.39, 0.29) is 17.7 Å². The minimum absolute atomic E-state index is 0.0307. The van der Waals surface area contributed by atoms with Gasteiger partial charge in [0.15, 0.2) is 17.3 Å². The minimum atomic E-state index is -0.617. The average Bonchev–Trinajstić information content (AvgIpc) is 2.89. The molecule has 1 unspecified atom stereocenters. The van der Waals surface area contributed by atoms with Gasteiger partial charge in [-0.25, -0.2) is 0 Å². The first kappa shape index (κ1) is 27.0. The van der Waals surface area contributed by atoms with E-state index < -0.39 is 11.8 Å². The molecule has 196 valence electrons. The molecule has 1 heterocycles. The summed E-state index contributed by atoms with van der Waals surface area (Å²) < 4.78 is 16.6. The van der Waals surface area contributed by atoms with E-state index in [4.69, 9.17) is 19.2 Å². The summed E-state index contributed by atoms with van der Waals surface area (Å²) in [5.41, 5.74) is 5.15. The van der Waals surface area contributed by atoms with Crippen LogP contribution in [0.1, 0.15) is 55.2 Å². The molecule has 0 fully saturated rings. The van der Waals surface area contributed by atoms with Gasteiger partial charge in [0.2, 0.25) is 0 Å². The highest BCUT2D eigenvalue weighted by molar-refractivity contribution is 7.99. The van der Waals surface area contributed by atoms with Gasteiger partial charge < -0.3 is 14.2 Å². The third-order valence-electron chi connectivity index (χ3n) is 7.10. The normalized spacial score (nSPS) is 21.3. The third-order valence-corrected chi connectivity index (χ3v) is 7.96. The number of rotatable bonds is 9. The number of hydrogen-bond donors (Lipinski definition) is 0. The predicted molar refractivity (Wildman–Crippen MR) is 148 cm³/mol. The molecule has 0 radical (unpaired) electrons. The summed E-state index contributed by atoms with van der Waals surface area (Å²) in [6.45, 7) is 6.33. The Morgan fingerprint density at radius 3 is 2.51 bits per heavy atom. The molecule has 1 aliphatic carbocycles. The molecule has 0 amide bonds. The zero-order chi connectivity index (χ0) is 26.5. The Bertz CT molecular complexity index is 1230. The molecule has 1 aliphatic heterocycles. The smallest absolute Gasteiger partial charge is 0.315 e. The van der Waals surface area contributed by atoms with Crippen LogP contribution in [0.25, 0.3) is 0 Å². The van der Waals surface area contributed by atoms with Gasteiger partial charge >= 0.3 is 5.97 Å². The molecule has 3 atom stereocenters. The van der Waals surface area contributed by atoms with Crippen LogP contribution in [-0.2, 0) is 14.3 Å². The molecule has 0 bridgehead atoms. The Morgan fingerprint density at radius 2 is 1.81 bits per heavy atom. The summed E-state index contributed by atoms with van der Waals surface area (Å²) in [6.07, 6.45) is 0.964. The van der Waals surface area contributed by atoms with Gasteiger partial charge in [-0.1, -0.05) is 42.8 Å². The fourth-order valence-electron chi connectivity index (χ4n) is 5.37. The molecule has 0 saturated carbocycles. The van der Waals surface area contributed by atoms with Gasteiger partial charge in [0.25, 0.3) is 0 Å². The monoisotopic (exact) mass is 521 g/mol. The van der Waals surface area contributed by atoms with Crippen LogP contribution in [0.3, 0.4) is 0 Å². The van der Waals surface area contributed by atoms with Gasteiger partial charge in [-0.3, -0.25) is 14.6 Å². The second-order valence-electron chi connectivity index (χ2n) is 9.49. The standard InChI is InChI=1S/C30H35NO5S/c1-6-37-13-12-36-30(33)27-19(3)31-23-15-22(20-10-11-25(34-4)26(17-20)35-5)16-24(32)29(23)28(27)21-9-7-8-18(2)14-21/h7-11,14,17,22,27-28H,6,12-13,15-16H2,1-5H3/t22-,27?,28-/m0/s1. The third kappa shape index (κ3) is 5.77. The van der Waals surface area contributed by atoms with Crippen LogP contribution >= 0.6 is 11.8 Å². The van der Waals surface area contributed by atoms with Crippen LogP contribution < -0.4 is 9.47 Å². The van der Waals surface area contributed by atoms with Crippen molar-refractivity contribution in [2.24, 2.45) is 10.9 Å². The van der Waals surface area contributed by atoms with Crippen molar-refractivity contribution in [2.45, 2.75) is 45.4 Å². The van der Waals surface area contributed by atoms with E-state index >= 15 is 0 Å². The number of Topliss-reactive ketones (excluding diaryl/α,β-unsaturated/α-hetero) is 1. The van der Waals surface area contributed by atoms with Crippen LogP contribution in [0.4, 0.5) is 0 Å². The van der Waals surface area contributed by atoms with E-state index in [1.807, 2.05) is 50.2 Å². The Kier molecular flexibility index (Phi) is 8.75. The summed E-state index contributed by atoms with van der Waals surface area (Å²) in [4.78, 5) is 32.0. The molecule has 6 nitrogen and oxygen atoms in total. The lowest BCUT2D eigenvalue weighted by Crippen LogP contribution is -2.38. The van der Waals surface area contributed by atoms with Gasteiger partial charge in [-0.05, 0) is 55.2 Å². The van der Waals surface area contributed by atoms with E-state index in [2.05, 4.69) is 13.0 Å². The quantitative estimate of drug-likeness (QED) is 0.303. The van der Waals surface area contributed by atoms with Crippen molar-refractivity contribution in [3.8, 4) is 11.5 Å². The van der Waals surface area contributed by atoms with Gasteiger partial charge in [-0.2, -0.15) is 11.8 Å². The van der Waals surface area contributed by atoms with E-state index in [9.17, 15) is 9.59 Å². The molecule has 4 rings (SSSR count). The number of carbonyl (C=O) groups is 2. The minimum Gasteiger partial charge on any atom is -0.493 e. The number of methoxy groups -OCH3 is 2. The maximum atomic E-state index is 13.8. The lowest BCUT2D eigenvalue weighted by molar-refractivity contribution is -0.145. The van der Waals surface area contributed by atoms with Crippen LogP contribution in [0.15, 0.2) is 58.7 Å². The number of aliphatic imine (C=N–C) groups is 1. The Morgan fingerprint density at radius 1 is 1.03 bits per heavy atom. The molecular formula is C30H35NO5S. The fourth-order valence-corrected chi connectivity index (χ4v) is 5.86. The Hall–Kier alpha value is -3.06. The van der Waals surface area contributed by atoms with E-state index in [0.717, 1.165) is 33.9 Å². The number of allylic oxidation sites excluding steroid dienone is 2. The number of carbonyl (C=O) groups excluding carboxylic acids is 2. The van der Waals surface area contributed by atoms with Crippen LogP contribution in [-0.4, -0.2) is 49.8 Å². The van der Waals surface area contributed by atoms with Crippen molar-refractivity contribution >= 4 is 29.2 Å². The fraction of sp³-hybridized carbons (Fsp3) is 0.433. The molecule has 0 aromatic heterocycles. The van der Waals surface area contributed by atoms with Crippen molar-refractivity contribution in [3.05, 3.63) is 70.4 Å². The van der Waals surface area contributed by atoms with E-state index in [0.29, 0.717) is 42.2 Å². The number of esters is 1. The number of hydrogen-bond acceptors (Lipinski definition) is 7. The van der Waals surface area contributed by atoms with Crippen molar-refractivity contribution < 1.29 is 23.8 Å². The summed E-state index contributed by atoms with van der Waals surface area (Å²) in [6, 6.07) is 13.9.